The first-order valence-corrected chi connectivity index (χ1v) is 11.4. The van der Waals surface area contributed by atoms with Gasteiger partial charge in [0.15, 0.2) is 0 Å². The molecule has 0 aliphatic heterocycles. The van der Waals surface area contributed by atoms with Gasteiger partial charge in [-0.1, -0.05) is 30.3 Å². The van der Waals surface area contributed by atoms with Crippen LogP contribution in [-0.2, 0) is 4.79 Å². The number of carbonyl (C=O) groups is 2. The Balaban J connectivity index is 1.51. The van der Waals surface area contributed by atoms with Crippen molar-refractivity contribution in [3.8, 4) is 5.69 Å². The highest BCUT2D eigenvalue weighted by Gasteiger charge is 2.18. The van der Waals surface area contributed by atoms with Gasteiger partial charge in [-0.05, 0) is 55.6 Å². The number of likely N-dealkylation sites (N-methyl/N-ethyl adjacent to an activating group) is 1. The zero-order valence-electron chi connectivity index (χ0n) is 18.2. The lowest BCUT2D eigenvalue weighted by Crippen LogP contribution is -2.35. The van der Waals surface area contributed by atoms with E-state index in [1.807, 2.05) is 73.8 Å². The predicted molar refractivity (Wildman–Crippen MR) is 130 cm³/mol. The molecule has 0 saturated carbocycles. The molecule has 4 aromatic rings. The number of hydrogen-bond donors (Lipinski definition) is 1. The number of para-hydroxylation sites is 2. The summed E-state index contributed by atoms with van der Waals surface area (Å²) in [6, 6.07) is 23.0. The minimum Gasteiger partial charge on any atom is -0.332 e. The molecule has 0 unspecified atom stereocenters. The van der Waals surface area contributed by atoms with E-state index in [0.717, 1.165) is 33.1 Å². The first-order valence-electron chi connectivity index (χ1n) is 10.2. The molecule has 2 amide bonds. The molecule has 7 heteroatoms. The van der Waals surface area contributed by atoms with Crippen LogP contribution in [0.4, 0.5) is 5.69 Å². The molecule has 1 aromatic heterocycles. The third-order valence-corrected chi connectivity index (χ3v) is 5.99. The standard InChI is InChI=1S/C25H24N4O2S/c1-17-26-21-15-18(13-14-22(21)29(17)19-9-5-4-6-10-19)25(31)28(2)16-24(30)27-20-11-7-8-12-23(20)32-3/h4-15H,16H2,1-3H3,(H,27,30). The molecular weight excluding hydrogens is 420 g/mol. The van der Waals surface area contributed by atoms with Crippen LogP contribution >= 0.6 is 11.8 Å². The van der Waals surface area contributed by atoms with Crippen LogP contribution in [0.2, 0.25) is 0 Å². The predicted octanol–water partition coefficient (Wildman–Crippen LogP) is 4.77. The molecule has 0 aliphatic carbocycles. The lowest BCUT2D eigenvalue weighted by molar-refractivity contribution is -0.116. The van der Waals surface area contributed by atoms with Crippen molar-refractivity contribution in [3.63, 3.8) is 0 Å². The number of imidazole rings is 1. The molecule has 32 heavy (non-hydrogen) atoms. The topological polar surface area (TPSA) is 67.2 Å². The summed E-state index contributed by atoms with van der Waals surface area (Å²) < 4.78 is 2.06. The molecule has 0 radical (unpaired) electrons. The molecule has 3 aromatic carbocycles. The van der Waals surface area contributed by atoms with Gasteiger partial charge in [0.2, 0.25) is 5.91 Å². The number of aryl methyl sites for hydroxylation is 1. The largest absolute Gasteiger partial charge is 0.332 e. The normalized spacial score (nSPS) is 10.8. The number of hydrogen-bond acceptors (Lipinski definition) is 4. The van der Waals surface area contributed by atoms with Gasteiger partial charge < -0.3 is 10.2 Å². The number of amides is 2. The Morgan fingerprint density at radius 1 is 1.03 bits per heavy atom. The molecule has 162 valence electrons. The molecule has 6 nitrogen and oxygen atoms in total. The quantitative estimate of drug-likeness (QED) is 0.435. The van der Waals surface area contributed by atoms with Gasteiger partial charge in [-0.25, -0.2) is 4.98 Å². The van der Waals surface area contributed by atoms with Gasteiger partial charge >= 0.3 is 0 Å². The van der Waals surface area contributed by atoms with Crippen LogP contribution in [0.15, 0.2) is 77.7 Å². The number of fused-ring (bicyclic) bond motifs is 1. The molecule has 0 atom stereocenters. The summed E-state index contributed by atoms with van der Waals surface area (Å²) in [6.45, 7) is 1.90. The number of rotatable bonds is 6. The molecule has 0 bridgehead atoms. The summed E-state index contributed by atoms with van der Waals surface area (Å²) in [6.07, 6.45) is 1.96. The second kappa shape index (κ2) is 9.28. The molecule has 1 N–H and O–H groups in total. The van der Waals surface area contributed by atoms with E-state index in [4.69, 9.17) is 0 Å². The maximum atomic E-state index is 13.0. The van der Waals surface area contributed by atoms with E-state index in [1.165, 1.54) is 4.90 Å². The summed E-state index contributed by atoms with van der Waals surface area (Å²) >= 11 is 1.56. The van der Waals surface area contributed by atoms with Crippen molar-refractivity contribution in [1.82, 2.24) is 14.5 Å². The van der Waals surface area contributed by atoms with Crippen molar-refractivity contribution in [2.24, 2.45) is 0 Å². The molecular formula is C25H24N4O2S. The SMILES string of the molecule is CSc1ccccc1NC(=O)CN(C)C(=O)c1ccc2c(c1)nc(C)n2-c1ccccc1. The van der Waals surface area contributed by atoms with Crippen LogP contribution in [0.1, 0.15) is 16.2 Å². The Labute approximate surface area is 191 Å². The smallest absolute Gasteiger partial charge is 0.254 e. The number of aromatic nitrogens is 2. The Bertz CT molecular complexity index is 1280. The van der Waals surface area contributed by atoms with Crippen LogP contribution in [0.5, 0.6) is 0 Å². The van der Waals surface area contributed by atoms with E-state index in [0.29, 0.717) is 5.56 Å². The molecule has 0 spiro atoms. The molecule has 0 saturated heterocycles. The zero-order chi connectivity index (χ0) is 22.7. The maximum absolute atomic E-state index is 13.0. The minimum absolute atomic E-state index is 0.0446. The summed E-state index contributed by atoms with van der Waals surface area (Å²) in [5.41, 5.74) is 3.93. The molecule has 1 heterocycles. The Morgan fingerprint density at radius 2 is 1.75 bits per heavy atom. The van der Waals surface area contributed by atoms with Crippen molar-refractivity contribution >= 4 is 40.3 Å². The first-order chi connectivity index (χ1) is 15.5. The van der Waals surface area contributed by atoms with E-state index >= 15 is 0 Å². The van der Waals surface area contributed by atoms with E-state index < -0.39 is 0 Å². The number of thioether (sulfide) groups is 1. The lowest BCUT2D eigenvalue weighted by Gasteiger charge is -2.17. The highest BCUT2D eigenvalue weighted by atomic mass is 32.2. The molecule has 0 aliphatic rings. The minimum atomic E-state index is -0.243. The third-order valence-electron chi connectivity index (χ3n) is 5.19. The van der Waals surface area contributed by atoms with Crippen molar-refractivity contribution in [2.45, 2.75) is 11.8 Å². The van der Waals surface area contributed by atoms with Crippen LogP contribution in [-0.4, -0.2) is 46.1 Å². The van der Waals surface area contributed by atoms with Crippen LogP contribution in [0, 0.1) is 6.92 Å². The average molecular weight is 445 g/mol. The first kappa shape index (κ1) is 21.6. The van der Waals surface area contributed by atoms with Gasteiger partial charge in [0.1, 0.15) is 5.82 Å². The van der Waals surface area contributed by atoms with Crippen LogP contribution in [0.25, 0.3) is 16.7 Å². The van der Waals surface area contributed by atoms with Gasteiger partial charge in [0.05, 0.1) is 23.3 Å². The van der Waals surface area contributed by atoms with Crippen LogP contribution < -0.4 is 5.32 Å². The monoisotopic (exact) mass is 444 g/mol. The van der Waals surface area contributed by atoms with Crippen molar-refractivity contribution < 1.29 is 9.59 Å². The average Bonchev–Trinajstić information content (AvgIpc) is 3.14. The van der Waals surface area contributed by atoms with Crippen molar-refractivity contribution in [2.75, 3.05) is 25.2 Å². The fourth-order valence-corrected chi connectivity index (χ4v) is 4.24. The number of carbonyl (C=O) groups excluding carboxylic acids is 2. The van der Waals surface area contributed by atoms with Gasteiger partial charge in [-0.2, -0.15) is 0 Å². The second-order valence-electron chi connectivity index (χ2n) is 7.44. The maximum Gasteiger partial charge on any atom is 0.254 e. The number of anilines is 1. The summed E-state index contributed by atoms with van der Waals surface area (Å²) in [7, 11) is 1.63. The highest BCUT2D eigenvalue weighted by Crippen LogP contribution is 2.25. The van der Waals surface area contributed by atoms with E-state index in [2.05, 4.69) is 14.9 Å². The fraction of sp³-hybridized carbons (Fsp3) is 0.160. The van der Waals surface area contributed by atoms with Crippen LogP contribution in [0.3, 0.4) is 0 Å². The van der Waals surface area contributed by atoms with Gasteiger partial charge in [-0.15, -0.1) is 11.8 Å². The van der Waals surface area contributed by atoms with Gasteiger partial charge in [-0.3, -0.25) is 14.2 Å². The van der Waals surface area contributed by atoms with Gasteiger partial charge in [0.25, 0.3) is 5.91 Å². The van der Waals surface area contributed by atoms with E-state index in [9.17, 15) is 9.59 Å². The fourth-order valence-electron chi connectivity index (χ4n) is 3.68. The Kier molecular flexibility index (Phi) is 6.28. The molecule has 4 rings (SSSR count). The number of nitrogens with zero attached hydrogens (tertiary/aromatic N) is 3. The van der Waals surface area contributed by atoms with E-state index in [-0.39, 0.29) is 18.4 Å². The highest BCUT2D eigenvalue weighted by molar-refractivity contribution is 7.98. The van der Waals surface area contributed by atoms with E-state index in [1.54, 1.807) is 30.9 Å². The number of benzene rings is 3. The summed E-state index contributed by atoms with van der Waals surface area (Å²) in [4.78, 5) is 32.5. The van der Waals surface area contributed by atoms with Crippen molar-refractivity contribution in [1.29, 1.82) is 0 Å². The third kappa shape index (κ3) is 4.38. The van der Waals surface area contributed by atoms with Crippen molar-refractivity contribution in [3.05, 3.63) is 84.2 Å². The Morgan fingerprint density at radius 3 is 2.50 bits per heavy atom. The summed E-state index contributed by atoms with van der Waals surface area (Å²) in [5, 5.41) is 2.89. The number of nitrogens with one attached hydrogen (secondary N) is 1. The van der Waals surface area contributed by atoms with Gasteiger partial charge in [0, 0.05) is 23.2 Å². The second-order valence-corrected chi connectivity index (χ2v) is 8.29. The molecule has 0 fully saturated rings. The summed E-state index contributed by atoms with van der Waals surface area (Å²) in [5.74, 6) is 0.371. The zero-order valence-corrected chi connectivity index (χ0v) is 19.0. The lowest BCUT2D eigenvalue weighted by atomic mass is 10.1. The Hall–Kier alpha value is -3.58.